The Labute approximate surface area is 81.9 Å². The molecule has 2 rings (SSSR count). The zero-order valence-electron chi connectivity index (χ0n) is 7.49. The number of rotatable bonds is 1. The lowest BCUT2D eigenvalue weighted by molar-refractivity contribution is 0.201. The van der Waals surface area contributed by atoms with E-state index in [0.717, 1.165) is 22.8 Å². The third-order valence-electron chi connectivity index (χ3n) is 2.25. The number of ether oxygens (including phenoxy) is 1. The predicted molar refractivity (Wildman–Crippen MR) is 54.1 cm³/mol. The Balaban J connectivity index is 2.41. The van der Waals surface area contributed by atoms with Gasteiger partial charge < -0.3 is 9.84 Å². The van der Waals surface area contributed by atoms with E-state index in [4.69, 9.17) is 4.74 Å². The second-order valence-electron chi connectivity index (χ2n) is 3.10. The van der Waals surface area contributed by atoms with Crippen LogP contribution in [0.4, 0.5) is 0 Å². The Morgan fingerprint density at radius 1 is 1.54 bits per heavy atom. The van der Waals surface area contributed by atoms with E-state index < -0.39 is 0 Å². The topological polar surface area (TPSA) is 29.5 Å². The van der Waals surface area contributed by atoms with Crippen molar-refractivity contribution in [3.63, 3.8) is 0 Å². The van der Waals surface area contributed by atoms with Crippen molar-refractivity contribution in [2.24, 2.45) is 0 Å². The molecule has 0 fully saturated rings. The number of aliphatic hydroxyl groups excluding tert-OH is 1. The van der Waals surface area contributed by atoms with Crippen LogP contribution >= 0.6 is 11.8 Å². The van der Waals surface area contributed by atoms with Crippen LogP contribution in [0.2, 0.25) is 0 Å². The minimum Gasteiger partial charge on any atom is -0.497 e. The number of aliphatic hydroxyl groups is 1. The molecule has 1 aromatic rings. The smallest absolute Gasteiger partial charge is 0.119 e. The van der Waals surface area contributed by atoms with Gasteiger partial charge in [0.05, 0.1) is 13.2 Å². The Morgan fingerprint density at radius 3 is 3.15 bits per heavy atom. The van der Waals surface area contributed by atoms with Crippen molar-refractivity contribution in [3.8, 4) is 5.75 Å². The molecule has 1 aliphatic rings. The molecule has 0 aliphatic carbocycles. The van der Waals surface area contributed by atoms with E-state index in [9.17, 15) is 5.11 Å². The molecule has 0 bridgehead atoms. The molecular weight excluding hydrogens is 184 g/mol. The summed E-state index contributed by atoms with van der Waals surface area (Å²) in [5.41, 5.74) is 2.25. The summed E-state index contributed by atoms with van der Waals surface area (Å²) in [4.78, 5) is 0. The van der Waals surface area contributed by atoms with E-state index in [0.29, 0.717) is 0 Å². The average molecular weight is 196 g/mol. The van der Waals surface area contributed by atoms with Crippen LogP contribution in [0.15, 0.2) is 18.2 Å². The summed E-state index contributed by atoms with van der Waals surface area (Å²) in [6, 6.07) is 5.90. The molecule has 1 aromatic carbocycles. The summed E-state index contributed by atoms with van der Waals surface area (Å²) in [6.07, 6.45) is -0.330. The number of methoxy groups -OCH3 is 1. The van der Waals surface area contributed by atoms with E-state index in [1.165, 1.54) is 5.56 Å². The molecule has 0 amide bonds. The summed E-state index contributed by atoms with van der Waals surface area (Å²) in [7, 11) is 1.64. The maximum absolute atomic E-state index is 9.70. The van der Waals surface area contributed by atoms with Crippen LogP contribution in [0.1, 0.15) is 17.2 Å². The summed E-state index contributed by atoms with van der Waals surface area (Å²) in [6.45, 7) is 0. The zero-order chi connectivity index (χ0) is 9.26. The number of thioether (sulfide) groups is 1. The monoisotopic (exact) mass is 196 g/mol. The molecule has 0 saturated heterocycles. The van der Waals surface area contributed by atoms with Gasteiger partial charge in [0.25, 0.3) is 0 Å². The third kappa shape index (κ3) is 1.67. The molecule has 0 unspecified atom stereocenters. The minimum absolute atomic E-state index is 0.330. The van der Waals surface area contributed by atoms with Crippen LogP contribution < -0.4 is 4.74 Å². The molecule has 1 atom stereocenters. The Bertz CT molecular complexity index is 312. The number of hydrogen-bond donors (Lipinski definition) is 1. The molecule has 1 heterocycles. The van der Waals surface area contributed by atoms with Crippen molar-refractivity contribution in [2.75, 3.05) is 12.9 Å². The molecule has 3 heteroatoms. The minimum atomic E-state index is -0.330. The highest BCUT2D eigenvalue weighted by Gasteiger charge is 2.18. The molecule has 0 aromatic heterocycles. The van der Waals surface area contributed by atoms with Gasteiger partial charge in [0.15, 0.2) is 0 Å². The van der Waals surface area contributed by atoms with Gasteiger partial charge in [0.2, 0.25) is 0 Å². The van der Waals surface area contributed by atoms with Crippen LogP contribution in [-0.2, 0) is 5.75 Å². The first-order valence-corrected chi connectivity index (χ1v) is 5.39. The molecule has 0 spiro atoms. The van der Waals surface area contributed by atoms with Gasteiger partial charge in [-0.25, -0.2) is 0 Å². The van der Waals surface area contributed by atoms with Crippen LogP contribution in [0, 0.1) is 0 Å². The summed E-state index contributed by atoms with van der Waals surface area (Å²) >= 11 is 1.77. The lowest BCUT2D eigenvalue weighted by Crippen LogP contribution is -2.09. The van der Waals surface area contributed by atoms with E-state index in [-0.39, 0.29) is 6.10 Å². The summed E-state index contributed by atoms with van der Waals surface area (Å²) in [5, 5.41) is 9.70. The Hall–Kier alpha value is -0.670. The van der Waals surface area contributed by atoms with E-state index in [1.54, 1.807) is 18.9 Å². The molecule has 2 nitrogen and oxygen atoms in total. The second kappa shape index (κ2) is 3.60. The van der Waals surface area contributed by atoms with E-state index >= 15 is 0 Å². The lowest BCUT2D eigenvalue weighted by atomic mass is 10.0. The van der Waals surface area contributed by atoms with Gasteiger partial charge in [-0.1, -0.05) is 6.07 Å². The summed E-state index contributed by atoms with van der Waals surface area (Å²) in [5.74, 6) is 2.61. The highest BCUT2D eigenvalue weighted by Crippen LogP contribution is 2.33. The average Bonchev–Trinajstić information content (AvgIpc) is 2.18. The summed E-state index contributed by atoms with van der Waals surface area (Å²) < 4.78 is 5.11. The fraction of sp³-hybridized carbons (Fsp3) is 0.400. The maximum Gasteiger partial charge on any atom is 0.119 e. The second-order valence-corrected chi connectivity index (χ2v) is 4.13. The van der Waals surface area contributed by atoms with Crippen LogP contribution in [0.25, 0.3) is 0 Å². The largest absolute Gasteiger partial charge is 0.497 e. The van der Waals surface area contributed by atoms with Crippen molar-refractivity contribution in [3.05, 3.63) is 29.3 Å². The first-order valence-electron chi connectivity index (χ1n) is 4.24. The standard InChI is InChI=1S/C10H12O2S/c1-12-8-3-2-7-5-13-6-10(11)9(7)4-8/h2-4,10-11H,5-6H2,1H3/t10-/m1/s1. The van der Waals surface area contributed by atoms with Gasteiger partial charge in [-0.2, -0.15) is 11.8 Å². The van der Waals surface area contributed by atoms with Crippen molar-refractivity contribution >= 4 is 11.8 Å². The fourth-order valence-electron chi connectivity index (χ4n) is 1.51. The maximum atomic E-state index is 9.70. The molecule has 0 saturated carbocycles. The van der Waals surface area contributed by atoms with E-state index in [1.807, 2.05) is 18.2 Å². The van der Waals surface area contributed by atoms with Crippen molar-refractivity contribution in [2.45, 2.75) is 11.9 Å². The first kappa shape index (κ1) is 8.91. The molecule has 0 radical (unpaired) electrons. The van der Waals surface area contributed by atoms with Gasteiger partial charge in [-0.05, 0) is 23.3 Å². The molecule has 13 heavy (non-hydrogen) atoms. The SMILES string of the molecule is COc1ccc2c(c1)[C@H](O)CSC2. The van der Waals surface area contributed by atoms with Gasteiger partial charge in [-0.3, -0.25) is 0 Å². The van der Waals surface area contributed by atoms with Crippen molar-refractivity contribution in [1.29, 1.82) is 0 Å². The lowest BCUT2D eigenvalue weighted by Gasteiger charge is -2.21. The number of benzene rings is 1. The van der Waals surface area contributed by atoms with Crippen LogP contribution in [-0.4, -0.2) is 18.0 Å². The molecule has 70 valence electrons. The molecule has 1 aliphatic heterocycles. The molecule has 1 N–H and O–H groups in total. The third-order valence-corrected chi connectivity index (χ3v) is 3.31. The number of hydrogen-bond acceptors (Lipinski definition) is 3. The van der Waals surface area contributed by atoms with Gasteiger partial charge in [0.1, 0.15) is 5.75 Å². The number of fused-ring (bicyclic) bond motifs is 1. The predicted octanol–water partition coefficient (Wildman–Crippen LogP) is 1.98. The van der Waals surface area contributed by atoms with Gasteiger partial charge in [-0.15, -0.1) is 0 Å². The molecular formula is C10H12O2S. The Kier molecular flexibility index (Phi) is 2.47. The van der Waals surface area contributed by atoms with Crippen molar-refractivity contribution < 1.29 is 9.84 Å². The fourth-order valence-corrected chi connectivity index (χ4v) is 2.52. The first-order chi connectivity index (χ1) is 6.31. The Morgan fingerprint density at radius 2 is 2.38 bits per heavy atom. The normalized spacial score (nSPS) is 20.9. The van der Waals surface area contributed by atoms with Gasteiger partial charge >= 0.3 is 0 Å². The quantitative estimate of drug-likeness (QED) is 0.744. The highest BCUT2D eigenvalue weighted by atomic mass is 32.2. The van der Waals surface area contributed by atoms with Crippen LogP contribution in [0.3, 0.4) is 0 Å². The van der Waals surface area contributed by atoms with Crippen molar-refractivity contribution in [1.82, 2.24) is 0 Å². The zero-order valence-corrected chi connectivity index (χ0v) is 8.30. The van der Waals surface area contributed by atoms with Gasteiger partial charge in [0, 0.05) is 11.5 Å². The highest BCUT2D eigenvalue weighted by molar-refractivity contribution is 7.98. The van der Waals surface area contributed by atoms with E-state index in [2.05, 4.69) is 0 Å². The van der Waals surface area contributed by atoms with Crippen LogP contribution in [0.5, 0.6) is 5.75 Å².